The normalized spacial score (nSPS) is 27.6. The molecule has 5 atom stereocenters. The fourth-order valence-corrected chi connectivity index (χ4v) is 6.45. The lowest BCUT2D eigenvalue weighted by molar-refractivity contribution is -0.158. The molecule has 8 nitrogen and oxygen atoms in total. The first-order valence-electron chi connectivity index (χ1n) is 15.8. The third kappa shape index (κ3) is 9.20. The monoisotopic (exact) mass is 593 g/mol. The molecule has 0 radical (unpaired) electrons. The molecule has 2 aromatic carbocycles. The zero-order valence-electron chi connectivity index (χ0n) is 25.6. The summed E-state index contributed by atoms with van der Waals surface area (Å²) < 4.78 is 28.7. The second kappa shape index (κ2) is 15.4. The largest absolute Gasteiger partial charge is 0.463 e. The van der Waals surface area contributed by atoms with Crippen molar-refractivity contribution in [3.05, 3.63) is 72.3 Å². The highest BCUT2D eigenvalue weighted by atomic mass is 16.7. The average Bonchev–Trinajstić information content (AvgIpc) is 3.54. The summed E-state index contributed by atoms with van der Waals surface area (Å²) in [6.07, 6.45) is 6.92. The second-order valence-electron chi connectivity index (χ2n) is 12.2. The van der Waals surface area contributed by atoms with Gasteiger partial charge in [0.25, 0.3) is 0 Å². The van der Waals surface area contributed by atoms with Crippen LogP contribution in [0.1, 0.15) is 51.5 Å². The Balaban J connectivity index is 1.10. The molecule has 0 spiro atoms. The van der Waals surface area contributed by atoms with Crippen LogP contribution >= 0.6 is 0 Å². The van der Waals surface area contributed by atoms with Gasteiger partial charge < -0.3 is 28.8 Å². The molecule has 1 N–H and O–H groups in total. The lowest BCUT2D eigenvalue weighted by atomic mass is 9.93. The van der Waals surface area contributed by atoms with Crippen molar-refractivity contribution < 1.29 is 33.6 Å². The molecule has 0 amide bonds. The second-order valence-corrected chi connectivity index (χ2v) is 12.2. The Labute approximate surface area is 255 Å². The molecular weight excluding hydrogens is 546 g/mol. The molecule has 2 heterocycles. The predicted molar refractivity (Wildman–Crippen MR) is 164 cm³/mol. The summed E-state index contributed by atoms with van der Waals surface area (Å²) in [5.41, 5.74) is 3.52. The summed E-state index contributed by atoms with van der Waals surface area (Å²) in [5, 5.41) is 11.2. The Kier molecular flexibility index (Phi) is 11.4. The van der Waals surface area contributed by atoms with Crippen LogP contribution in [0.25, 0.3) is 11.1 Å². The van der Waals surface area contributed by atoms with Crippen molar-refractivity contribution in [2.45, 2.75) is 82.7 Å². The maximum atomic E-state index is 12.2. The van der Waals surface area contributed by atoms with Gasteiger partial charge in [-0.2, -0.15) is 0 Å². The van der Waals surface area contributed by atoms with Crippen molar-refractivity contribution in [2.24, 2.45) is 5.92 Å². The maximum Gasteiger partial charge on any atom is 0.306 e. The molecule has 1 saturated carbocycles. The fourth-order valence-electron chi connectivity index (χ4n) is 6.45. The van der Waals surface area contributed by atoms with Gasteiger partial charge in [-0.3, -0.25) is 9.69 Å². The van der Waals surface area contributed by atoms with Gasteiger partial charge in [-0.15, -0.1) is 0 Å². The number of benzene rings is 2. The topological polar surface area (TPSA) is 86.7 Å². The zero-order valence-corrected chi connectivity index (χ0v) is 25.6. The van der Waals surface area contributed by atoms with Crippen LogP contribution in [0.4, 0.5) is 0 Å². The van der Waals surface area contributed by atoms with Gasteiger partial charge >= 0.3 is 5.97 Å². The summed E-state index contributed by atoms with van der Waals surface area (Å²) in [6.45, 7) is 7.95. The van der Waals surface area contributed by atoms with Gasteiger partial charge in [-0.05, 0) is 49.8 Å². The van der Waals surface area contributed by atoms with Gasteiger partial charge in [0, 0.05) is 37.9 Å². The number of morpholine rings is 1. The Bertz CT molecular complexity index is 1160. The van der Waals surface area contributed by atoms with Gasteiger partial charge in [0.15, 0.2) is 5.79 Å². The third-order valence-corrected chi connectivity index (χ3v) is 8.62. The number of carbonyl (C=O) groups excluding carboxylic acids is 1. The fraction of sp³-hybridized carbons (Fsp3) is 0.571. The highest BCUT2D eigenvalue weighted by molar-refractivity contribution is 5.69. The smallest absolute Gasteiger partial charge is 0.306 e. The summed E-state index contributed by atoms with van der Waals surface area (Å²) >= 11 is 0. The van der Waals surface area contributed by atoms with Crippen molar-refractivity contribution in [1.82, 2.24) is 4.90 Å². The minimum absolute atomic E-state index is 0.0215. The number of hydrogen-bond acceptors (Lipinski definition) is 8. The van der Waals surface area contributed by atoms with Gasteiger partial charge in [0.05, 0.1) is 38.6 Å². The SMILES string of the molecule is CC1(C)OCC(COC(=O)CC/C=C\CCC2[C@@H](OCc3ccc(-c4ccccc4)cc3)C[C@@H](O)[C@@H]2N2CCOCC2)O1. The molecule has 2 unspecified atom stereocenters. The molecule has 2 saturated heterocycles. The molecule has 0 aromatic heterocycles. The number of carbonyl (C=O) groups is 1. The van der Waals surface area contributed by atoms with E-state index in [1.54, 1.807) is 0 Å². The quantitative estimate of drug-likeness (QED) is 0.253. The van der Waals surface area contributed by atoms with Crippen LogP contribution in [0.15, 0.2) is 66.7 Å². The van der Waals surface area contributed by atoms with Crippen molar-refractivity contribution in [3.63, 3.8) is 0 Å². The van der Waals surface area contributed by atoms with Crippen molar-refractivity contribution in [1.29, 1.82) is 0 Å². The standard InChI is InChI=1S/C35H47NO7/c1-35(2)42-25-29(43-35)24-41-33(38)13-9-4-3-8-12-30-32(22-31(37)34(30)36-18-20-39-21-19-36)40-23-26-14-16-28(17-15-26)27-10-6-5-7-11-27/h3-7,10-11,14-17,29-32,34,37H,8-9,12-13,18-25H2,1-2H3/b4-3-/t29?,30?,31-,32+,34-/m1/s1. The number of hydrogen-bond donors (Lipinski definition) is 1. The Morgan fingerprint density at radius 3 is 2.47 bits per heavy atom. The summed E-state index contributed by atoms with van der Waals surface area (Å²) in [7, 11) is 0. The lowest BCUT2D eigenvalue weighted by Crippen LogP contribution is -2.50. The van der Waals surface area contributed by atoms with Gasteiger partial charge in [0.1, 0.15) is 12.7 Å². The first-order chi connectivity index (χ1) is 20.9. The summed E-state index contributed by atoms with van der Waals surface area (Å²) in [6, 6.07) is 19.0. The molecular formula is C35H47NO7. The number of aliphatic hydroxyl groups excluding tert-OH is 1. The molecule has 2 aromatic rings. The van der Waals surface area contributed by atoms with Crippen LogP contribution in [0.3, 0.4) is 0 Å². The number of ether oxygens (including phenoxy) is 5. The minimum atomic E-state index is -0.617. The van der Waals surface area contributed by atoms with Crippen LogP contribution in [0.5, 0.6) is 0 Å². The van der Waals surface area contributed by atoms with Crippen LogP contribution in [-0.2, 0) is 35.1 Å². The van der Waals surface area contributed by atoms with Crippen LogP contribution < -0.4 is 0 Å². The molecule has 1 aliphatic carbocycles. The van der Waals surface area contributed by atoms with Crippen molar-refractivity contribution in [3.8, 4) is 11.1 Å². The number of esters is 1. The van der Waals surface area contributed by atoms with E-state index in [0.29, 0.717) is 45.7 Å². The zero-order chi connectivity index (χ0) is 30.1. The maximum absolute atomic E-state index is 12.2. The van der Waals surface area contributed by atoms with Gasteiger partial charge in [-0.1, -0.05) is 66.7 Å². The van der Waals surface area contributed by atoms with Crippen LogP contribution in [-0.4, -0.2) is 85.6 Å². The minimum Gasteiger partial charge on any atom is -0.463 e. The number of nitrogens with zero attached hydrogens (tertiary/aromatic N) is 1. The molecule has 234 valence electrons. The number of allylic oxidation sites excluding steroid dienone is 2. The highest BCUT2D eigenvalue weighted by Gasteiger charge is 2.45. The summed E-state index contributed by atoms with van der Waals surface area (Å²) in [5.74, 6) is -0.632. The molecule has 2 aliphatic heterocycles. The summed E-state index contributed by atoms with van der Waals surface area (Å²) in [4.78, 5) is 14.6. The third-order valence-electron chi connectivity index (χ3n) is 8.62. The van der Waals surface area contributed by atoms with Gasteiger partial charge in [-0.25, -0.2) is 0 Å². The van der Waals surface area contributed by atoms with E-state index in [4.69, 9.17) is 23.7 Å². The predicted octanol–water partition coefficient (Wildman–Crippen LogP) is 5.13. The molecule has 43 heavy (non-hydrogen) atoms. The number of rotatable bonds is 13. The first-order valence-corrected chi connectivity index (χ1v) is 15.8. The molecule has 3 fully saturated rings. The van der Waals surface area contributed by atoms with E-state index in [2.05, 4.69) is 65.6 Å². The Morgan fingerprint density at radius 1 is 1.02 bits per heavy atom. The van der Waals surface area contributed by atoms with Crippen LogP contribution in [0, 0.1) is 5.92 Å². The van der Waals surface area contributed by atoms with E-state index < -0.39 is 11.9 Å². The van der Waals surface area contributed by atoms with E-state index in [1.165, 1.54) is 11.1 Å². The van der Waals surface area contributed by atoms with E-state index >= 15 is 0 Å². The first kappa shape index (κ1) is 31.8. The lowest BCUT2D eigenvalue weighted by Gasteiger charge is -2.38. The highest BCUT2D eigenvalue weighted by Crippen LogP contribution is 2.37. The van der Waals surface area contributed by atoms with Crippen molar-refractivity contribution in [2.75, 3.05) is 39.5 Å². The number of aliphatic hydroxyl groups is 1. The Hall–Kier alpha value is -2.59. The van der Waals surface area contributed by atoms with E-state index in [9.17, 15) is 9.90 Å². The van der Waals surface area contributed by atoms with E-state index in [0.717, 1.165) is 31.5 Å². The molecule has 0 bridgehead atoms. The van der Waals surface area contributed by atoms with Crippen LogP contribution in [0.2, 0.25) is 0 Å². The molecule has 5 rings (SSSR count). The van der Waals surface area contributed by atoms with E-state index in [1.807, 2.05) is 19.9 Å². The van der Waals surface area contributed by atoms with E-state index in [-0.39, 0.29) is 36.7 Å². The average molecular weight is 594 g/mol. The molecule has 3 aliphatic rings. The Morgan fingerprint density at radius 2 is 1.74 bits per heavy atom. The van der Waals surface area contributed by atoms with Gasteiger partial charge in [0.2, 0.25) is 0 Å². The molecule has 8 heteroatoms. The van der Waals surface area contributed by atoms with Crippen molar-refractivity contribution >= 4 is 5.97 Å².